The fourth-order valence-electron chi connectivity index (χ4n) is 1.88. The Morgan fingerprint density at radius 3 is 2.22 bits per heavy atom. The first-order valence-corrected chi connectivity index (χ1v) is 5.56. The van der Waals surface area contributed by atoms with Gasteiger partial charge in [-0.2, -0.15) is 0 Å². The topological polar surface area (TPSA) is 35.5 Å². The van der Waals surface area contributed by atoms with Crippen molar-refractivity contribution in [3.8, 4) is 22.6 Å². The van der Waals surface area contributed by atoms with Crippen LogP contribution in [0.3, 0.4) is 0 Å². The standard InChI is InChI=1S/C15H14O3/c1-17-14-9-12(11-6-4-3-5-7-11)8-13(10-16)15(14)18-2/h3-10H,1-2H3. The average Bonchev–Trinajstić information content (AvgIpc) is 2.46. The molecule has 2 aromatic carbocycles. The predicted molar refractivity (Wildman–Crippen MR) is 70.4 cm³/mol. The first-order valence-electron chi connectivity index (χ1n) is 5.56. The summed E-state index contributed by atoms with van der Waals surface area (Å²) in [5.74, 6) is 1.02. The minimum atomic E-state index is 0.465. The maximum absolute atomic E-state index is 11.1. The summed E-state index contributed by atoms with van der Waals surface area (Å²) >= 11 is 0. The number of ether oxygens (including phenoxy) is 2. The third kappa shape index (κ3) is 2.20. The Bertz CT molecular complexity index is 547. The molecule has 0 bridgehead atoms. The summed E-state index contributed by atoms with van der Waals surface area (Å²) in [4.78, 5) is 11.1. The van der Waals surface area contributed by atoms with Crippen molar-refractivity contribution in [1.29, 1.82) is 0 Å². The molecular weight excluding hydrogens is 228 g/mol. The summed E-state index contributed by atoms with van der Waals surface area (Å²) in [5, 5.41) is 0. The molecule has 0 aliphatic rings. The number of hydrogen-bond donors (Lipinski definition) is 0. The third-order valence-electron chi connectivity index (χ3n) is 2.74. The molecule has 0 N–H and O–H groups in total. The molecule has 0 unspecified atom stereocenters. The van der Waals surface area contributed by atoms with Gasteiger partial charge in [0.25, 0.3) is 0 Å². The summed E-state index contributed by atoms with van der Waals surface area (Å²) in [6.07, 6.45) is 0.772. The van der Waals surface area contributed by atoms with E-state index in [2.05, 4.69) is 0 Å². The van der Waals surface area contributed by atoms with Gasteiger partial charge in [-0.3, -0.25) is 4.79 Å². The molecule has 0 heterocycles. The molecule has 2 rings (SSSR count). The van der Waals surface area contributed by atoms with E-state index in [-0.39, 0.29) is 0 Å². The van der Waals surface area contributed by atoms with Gasteiger partial charge in [0.15, 0.2) is 17.8 Å². The lowest BCUT2D eigenvalue weighted by atomic mass is 10.0. The van der Waals surface area contributed by atoms with Crippen LogP contribution in [0.15, 0.2) is 42.5 Å². The third-order valence-corrected chi connectivity index (χ3v) is 2.74. The van der Waals surface area contributed by atoms with Crippen molar-refractivity contribution >= 4 is 6.29 Å². The van der Waals surface area contributed by atoms with E-state index in [0.29, 0.717) is 17.1 Å². The van der Waals surface area contributed by atoms with Crippen molar-refractivity contribution in [3.63, 3.8) is 0 Å². The number of hydrogen-bond acceptors (Lipinski definition) is 3. The van der Waals surface area contributed by atoms with Gasteiger partial charge in [0.2, 0.25) is 0 Å². The van der Waals surface area contributed by atoms with Crippen molar-refractivity contribution in [2.45, 2.75) is 0 Å². The van der Waals surface area contributed by atoms with Crippen LogP contribution in [0.25, 0.3) is 11.1 Å². The molecule has 0 saturated heterocycles. The van der Waals surface area contributed by atoms with E-state index in [1.807, 2.05) is 36.4 Å². The minimum Gasteiger partial charge on any atom is -0.493 e. The van der Waals surface area contributed by atoms with E-state index < -0.39 is 0 Å². The number of carbonyl (C=O) groups excluding carboxylic acids is 1. The fourth-order valence-corrected chi connectivity index (χ4v) is 1.88. The summed E-state index contributed by atoms with van der Waals surface area (Å²) < 4.78 is 10.4. The molecule has 18 heavy (non-hydrogen) atoms. The largest absolute Gasteiger partial charge is 0.493 e. The van der Waals surface area contributed by atoms with Crippen LogP contribution in [0.4, 0.5) is 0 Å². The van der Waals surface area contributed by atoms with E-state index in [9.17, 15) is 4.79 Å². The summed E-state index contributed by atoms with van der Waals surface area (Å²) in [5.41, 5.74) is 2.44. The normalized spacial score (nSPS) is 9.89. The van der Waals surface area contributed by atoms with Gasteiger partial charge in [-0.25, -0.2) is 0 Å². The van der Waals surface area contributed by atoms with Crippen LogP contribution in [0.1, 0.15) is 10.4 Å². The van der Waals surface area contributed by atoms with E-state index in [0.717, 1.165) is 17.4 Å². The fraction of sp³-hybridized carbons (Fsp3) is 0.133. The molecule has 0 aromatic heterocycles. The molecule has 2 aromatic rings. The Morgan fingerprint density at radius 1 is 0.944 bits per heavy atom. The van der Waals surface area contributed by atoms with E-state index in [4.69, 9.17) is 9.47 Å². The van der Waals surface area contributed by atoms with Gasteiger partial charge in [-0.1, -0.05) is 30.3 Å². The Balaban J connectivity index is 2.60. The number of benzene rings is 2. The highest BCUT2D eigenvalue weighted by Gasteiger charge is 2.12. The van der Waals surface area contributed by atoms with E-state index >= 15 is 0 Å². The molecular formula is C15H14O3. The first kappa shape index (κ1) is 12.2. The minimum absolute atomic E-state index is 0.465. The van der Waals surface area contributed by atoms with Crippen LogP contribution in [0, 0.1) is 0 Å². The Morgan fingerprint density at radius 2 is 1.67 bits per heavy atom. The van der Waals surface area contributed by atoms with Gasteiger partial charge in [0.1, 0.15) is 0 Å². The van der Waals surface area contributed by atoms with Crippen LogP contribution in [0.2, 0.25) is 0 Å². The molecule has 0 aliphatic heterocycles. The van der Waals surface area contributed by atoms with Gasteiger partial charge < -0.3 is 9.47 Å². The highest BCUT2D eigenvalue weighted by molar-refractivity contribution is 5.85. The van der Waals surface area contributed by atoms with Gasteiger partial charge in [0, 0.05) is 0 Å². The Kier molecular flexibility index (Phi) is 3.63. The Hall–Kier alpha value is -2.29. The molecule has 3 nitrogen and oxygen atoms in total. The quantitative estimate of drug-likeness (QED) is 0.772. The second-order valence-electron chi connectivity index (χ2n) is 3.78. The summed E-state index contributed by atoms with van der Waals surface area (Å²) in [6, 6.07) is 13.5. The van der Waals surface area contributed by atoms with Crippen LogP contribution in [-0.4, -0.2) is 20.5 Å². The maximum Gasteiger partial charge on any atom is 0.171 e. The average molecular weight is 242 g/mol. The lowest BCUT2D eigenvalue weighted by molar-refractivity contribution is 0.112. The number of aldehydes is 1. The lowest BCUT2D eigenvalue weighted by Crippen LogP contribution is -1.96. The van der Waals surface area contributed by atoms with Crippen molar-refractivity contribution in [2.24, 2.45) is 0 Å². The van der Waals surface area contributed by atoms with Crippen molar-refractivity contribution < 1.29 is 14.3 Å². The second kappa shape index (κ2) is 5.36. The van der Waals surface area contributed by atoms with Crippen LogP contribution >= 0.6 is 0 Å². The monoisotopic (exact) mass is 242 g/mol. The van der Waals surface area contributed by atoms with Crippen LogP contribution < -0.4 is 9.47 Å². The summed E-state index contributed by atoms with van der Waals surface area (Å²) in [7, 11) is 3.08. The first-order chi connectivity index (χ1) is 8.80. The highest BCUT2D eigenvalue weighted by atomic mass is 16.5. The van der Waals surface area contributed by atoms with Gasteiger partial charge in [-0.15, -0.1) is 0 Å². The molecule has 0 radical (unpaired) electrons. The van der Waals surface area contributed by atoms with Gasteiger partial charge >= 0.3 is 0 Å². The highest BCUT2D eigenvalue weighted by Crippen LogP contribution is 2.35. The van der Waals surface area contributed by atoms with Crippen LogP contribution in [-0.2, 0) is 0 Å². The van der Waals surface area contributed by atoms with Gasteiger partial charge in [-0.05, 0) is 23.3 Å². The molecule has 0 aliphatic carbocycles. The SMILES string of the molecule is COc1cc(-c2ccccc2)cc(C=O)c1OC. The van der Waals surface area contributed by atoms with Crippen molar-refractivity contribution in [1.82, 2.24) is 0 Å². The molecule has 3 heteroatoms. The van der Waals surface area contributed by atoms with Crippen molar-refractivity contribution in [2.75, 3.05) is 14.2 Å². The van der Waals surface area contributed by atoms with E-state index in [1.54, 1.807) is 13.2 Å². The zero-order valence-corrected chi connectivity index (χ0v) is 10.3. The Labute approximate surface area is 106 Å². The number of methoxy groups -OCH3 is 2. The van der Waals surface area contributed by atoms with E-state index in [1.165, 1.54) is 7.11 Å². The molecule has 0 spiro atoms. The zero-order valence-electron chi connectivity index (χ0n) is 10.3. The zero-order chi connectivity index (χ0) is 13.0. The van der Waals surface area contributed by atoms with Gasteiger partial charge in [0.05, 0.1) is 19.8 Å². The lowest BCUT2D eigenvalue weighted by Gasteiger charge is -2.12. The molecule has 92 valence electrons. The smallest absolute Gasteiger partial charge is 0.171 e. The second-order valence-corrected chi connectivity index (χ2v) is 3.78. The molecule has 0 saturated carbocycles. The predicted octanol–water partition coefficient (Wildman–Crippen LogP) is 3.18. The van der Waals surface area contributed by atoms with Crippen LogP contribution in [0.5, 0.6) is 11.5 Å². The maximum atomic E-state index is 11.1. The molecule has 0 fully saturated rings. The number of rotatable bonds is 4. The summed E-state index contributed by atoms with van der Waals surface area (Å²) in [6.45, 7) is 0. The molecule has 0 amide bonds. The number of carbonyl (C=O) groups is 1. The van der Waals surface area contributed by atoms with Crippen molar-refractivity contribution in [3.05, 3.63) is 48.0 Å². The molecule has 0 atom stereocenters.